The zero-order valence-corrected chi connectivity index (χ0v) is 12.9. The number of pyridine rings is 1. The summed E-state index contributed by atoms with van der Waals surface area (Å²) in [7, 11) is 0. The van der Waals surface area contributed by atoms with Crippen molar-refractivity contribution in [2.24, 2.45) is 0 Å². The molecule has 3 N–H and O–H groups in total. The van der Waals surface area contributed by atoms with E-state index in [0.717, 1.165) is 10.2 Å². The van der Waals surface area contributed by atoms with Gasteiger partial charge in [-0.1, -0.05) is 0 Å². The number of aryl methyl sites for hydroxylation is 1. The normalized spacial score (nSPS) is 10.3. The fourth-order valence-electron chi connectivity index (χ4n) is 1.57. The number of hydrogen-bond donors (Lipinski definition) is 2. The third-order valence-electron chi connectivity index (χ3n) is 2.61. The van der Waals surface area contributed by atoms with Crippen LogP contribution in [-0.4, -0.2) is 21.6 Å². The molecule has 0 aliphatic carbocycles. The van der Waals surface area contributed by atoms with E-state index in [1.54, 1.807) is 6.20 Å². The molecule has 2 heterocycles. The van der Waals surface area contributed by atoms with Crippen LogP contribution in [0, 0.1) is 6.92 Å². The van der Waals surface area contributed by atoms with Crippen LogP contribution >= 0.6 is 15.9 Å². The van der Waals surface area contributed by atoms with Gasteiger partial charge in [-0.05, 0) is 41.9 Å². The topological polar surface area (TPSA) is 86.0 Å². The van der Waals surface area contributed by atoms with Crippen molar-refractivity contribution in [1.29, 1.82) is 0 Å². The summed E-state index contributed by atoms with van der Waals surface area (Å²) in [6, 6.07) is 4.18. The molecule has 2 aromatic rings. The average Bonchev–Trinajstić information content (AvgIpc) is 2.43. The highest BCUT2D eigenvalue weighted by molar-refractivity contribution is 9.10. The smallest absolute Gasteiger partial charge is 0.318 e. The first-order chi connectivity index (χ1) is 9.60. The van der Waals surface area contributed by atoms with Gasteiger partial charge in [0, 0.05) is 10.7 Å². The monoisotopic (exact) mass is 337 g/mol. The van der Waals surface area contributed by atoms with Gasteiger partial charge in [0.1, 0.15) is 0 Å². The zero-order chi connectivity index (χ0) is 14.5. The second kappa shape index (κ2) is 6.51. The first kappa shape index (κ1) is 14.5. The molecule has 0 atom stereocenters. The molecule has 2 aromatic heterocycles. The standard InChI is InChI=1S/C13H16BrN5O/c1-3-20-13-18-8(2)11(15)12(19-13)17-7-10-5-4-9(14)6-16-10/h4-6H,3,7,15H2,1-2H3,(H,17,18,19). The highest BCUT2D eigenvalue weighted by Crippen LogP contribution is 2.22. The van der Waals surface area contributed by atoms with Gasteiger partial charge < -0.3 is 15.8 Å². The first-order valence-corrected chi connectivity index (χ1v) is 7.00. The lowest BCUT2D eigenvalue weighted by atomic mass is 10.3. The fourth-order valence-corrected chi connectivity index (χ4v) is 1.80. The van der Waals surface area contributed by atoms with Crippen LogP contribution in [0.25, 0.3) is 0 Å². The Balaban J connectivity index is 2.13. The number of halogens is 1. The molecule has 0 bridgehead atoms. The van der Waals surface area contributed by atoms with Crippen molar-refractivity contribution in [1.82, 2.24) is 15.0 Å². The van der Waals surface area contributed by atoms with E-state index in [1.165, 1.54) is 0 Å². The summed E-state index contributed by atoms with van der Waals surface area (Å²) in [6.45, 7) is 4.74. The van der Waals surface area contributed by atoms with Crippen molar-refractivity contribution in [3.8, 4) is 6.01 Å². The Labute approximate surface area is 125 Å². The molecule has 0 saturated heterocycles. The number of rotatable bonds is 5. The molecule has 7 heteroatoms. The van der Waals surface area contributed by atoms with E-state index in [2.05, 4.69) is 36.2 Å². The maximum absolute atomic E-state index is 5.96. The minimum atomic E-state index is 0.325. The number of nitrogen functional groups attached to an aromatic ring is 1. The Bertz CT molecular complexity index is 588. The lowest BCUT2D eigenvalue weighted by Crippen LogP contribution is -2.10. The molecule has 20 heavy (non-hydrogen) atoms. The number of ether oxygens (including phenoxy) is 1. The van der Waals surface area contributed by atoms with Gasteiger partial charge in [-0.2, -0.15) is 9.97 Å². The molecule has 0 saturated carbocycles. The summed E-state index contributed by atoms with van der Waals surface area (Å²) in [5.41, 5.74) is 8.06. The average molecular weight is 338 g/mol. The fraction of sp³-hybridized carbons (Fsp3) is 0.308. The van der Waals surface area contributed by atoms with E-state index in [1.807, 2.05) is 26.0 Å². The summed E-state index contributed by atoms with van der Waals surface area (Å²) >= 11 is 3.35. The molecule has 0 amide bonds. The molecule has 6 nitrogen and oxygen atoms in total. The third-order valence-corrected chi connectivity index (χ3v) is 3.08. The van der Waals surface area contributed by atoms with Gasteiger partial charge in [0.15, 0.2) is 5.82 Å². The molecule has 106 valence electrons. The maximum atomic E-state index is 5.96. The van der Waals surface area contributed by atoms with Gasteiger partial charge in [0.25, 0.3) is 0 Å². The summed E-state index contributed by atoms with van der Waals surface area (Å²) in [4.78, 5) is 12.7. The molecule has 0 aliphatic heterocycles. The molecule has 2 rings (SSSR count). The molecular weight excluding hydrogens is 322 g/mol. The predicted octanol–water partition coefficient (Wildman–Crippen LogP) is 2.54. The van der Waals surface area contributed by atoms with Crippen LogP contribution in [0.5, 0.6) is 6.01 Å². The Morgan fingerprint density at radius 1 is 1.35 bits per heavy atom. The molecule has 0 unspecified atom stereocenters. The van der Waals surface area contributed by atoms with Crippen LogP contribution in [0.15, 0.2) is 22.8 Å². The summed E-state index contributed by atoms with van der Waals surface area (Å²) in [5, 5.41) is 3.15. The van der Waals surface area contributed by atoms with Crippen LogP contribution < -0.4 is 15.8 Å². The minimum Gasteiger partial charge on any atom is -0.464 e. The van der Waals surface area contributed by atoms with Crippen LogP contribution in [0.1, 0.15) is 18.3 Å². The number of nitrogens with zero attached hydrogens (tertiary/aromatic N) is 3. The Kier molecular flexibility index (Phi) is 4.73. The second-order valence-corrected chi connectivity index (χ2v) is 5.02. The number of nitrogens with two attached hydrogens (primary N) is 1. The van der Waals surface area contributed by atoms with E-state index in [4.69, 9.17) is 10.5 Å². The summed E-state index contributed by atoms with van der Waals surface area (Å²) in [5.74, 6) is 0.561. The van der Waals surface area contributed by atoms with Crippen molar-refractivity contribution in [2.45, 2.75) is 20.4 Å². The zero-order valence-electron chi connectivity index (χ0n) is 11.4. The van der Waals surface area contributed by atoms with E-state index in [0.29, 0.717) is 36.4 Å². The third kappa shape index (κ3) is 3.57. The van der Waals surface area contributed by atoms with E-state index in [-0.39, 0.29) is 0 Å². The Hall–Kier alpha value is -1.89. The Morgan fingerprint density at radius 3 is 2.80 bits per heavy atom. The van der Waals surface area contributed by atoms with Crippen molar-refractivity contribution in [2.75, 3.05) is 17.7 Å². The SMILES string of the molecule is CCOc1nc(C)c(N)c(NCc2ccc(Br)cn2)n1. The van der Waals surface area contributed by atoms with Gasteiger partial charge in [-0.25, -0.2) is 0 Å². The highest BCUT2D eigenvalue weighted by atomic mass is 79.9. The number of hydrogen-bond acceptors (Lipinski definition) is 6. The first-order valence-electron chi connectivity index (χ1n) is 6.21. The predicted molar refractivity (Wildman–Crippen MR) is 81.6 cm³/mol. The largest absolute Gasteiger partial charge is 0.464 e. The highest BCUT2D eigenvalue weighted by Gasteiger charge is 2.09. The van der Waals surface area contributed by atoms with Gasteiger partial charge in [-0.3, -0.25) is 4.98 Å². The maximum Gasteiger partial charge on any atom is 0.318 e. The van der Waals surface area contributed by atoms with Crippen molar-refractivity contribution < 1.29 is 4.74 Å². The van der Waals surface area contributed by atoms with Crippen LogP contribution in [0.3, 0.4) is 0 Å². The lowest BCUT2D eigenvalue weighted by molar-refractivity contribution is 0.312. The Morgan fingerprint density at radius 2 is 2.15 bits per heavy atom. The van der Waals surface area contributed by atoms with Crippen LogP contribution in [0.2, 0.25) is 0 Å². The van der Waals surface area contributed by atoms with Gasteiger partial charge >= 0.3 is 6.01 Å². The lowest BCUT2D eigenvalue weighted by Gasteiger charge is -2.11. The summed E-state index contributed by atoms with van der Waals surface area (Å²) in [6.07, 6.45) is 1.75. The van der Waals surface area contributed by atoms with Gasteiger partial charge in [0.05, 0.1) is 30.2 Å². The number of anilines is 2. The quantitative estimate of drug-likeness (QED) is 0.871. The van der Waals surface area contributed by atoms with Crippen molar-refractivity contribution in [3.63, 3.8) is 0 Å². The molecule has 0 aliphatic rings. The molecule has 0 aromatic carbocycles. The van der Waals surface area contributed by atoms with Crippen molar-refractivity contribution in [3.05, 3.63) is 34.2 Å². The second-order valence-electron chi connectivity index (χ2n) is 4.11. The van der Waals surface area contributed by atoms with E-state index in [9.17, 15) is 0 Å². The van der Waals surface area contributed by atoms with E-state index >= 15 is 0 Å². The molecular formula is C13H16BrN5O. The number of nitrogens with one attached hydrogen (secondary N) is 1. The van der Waals surface area contributed by atoms with Gasteiger partial charge in [0.2, 0.25) is 0 Å². The van der Waals surface area contributed by atoms with E-state index < -0.39 is 0 Å². The summed E-state index contributed by atoms with van der Waals surface area (Å²) < 4.78 is 6.25. The van der Waals surface area contributed by atoms with Gasteiger partial charge in [-0.15, -0.1) is 0 Å². The molecule has 0 radical (unpaired) electrons. The molecule has 0 fully saturated rings. The van der Waals surface area contributed by atoms with Crippen LogP contribution in [0.4, 0.5) is 11.5 Å². The van der Waals surface area contributed by atoms with Crippen LogP contribution in [-0.2, 0) is 6.54 Å². The minimum absolute atomic E-state index is 0.325. The van der Waals surface area contributed by atoms with Crippen molar-refractivity contribution >= 4 is 27.4 Å². The number of aromatic nitrogens is 3. The molecule has 0 spiro atoms.